The van der Waals surface area contributed by atoms with Crippen LogP contribution >= 0.6 is 23.2 Å². The Morgan fingerprint density at radius 3 is 2.60 bits per heavy atom. The number of anilines is 2. The van der Waals surface area contributed by atoms with E-state index in [2.05, 4.69) is 21.6 Å². The van der Waals surface area contributed by atoms with Crippen LogP contribution in [0.15, 0.2) is 42.5 Å². The van der Waals surface area contributed by atoms with E-state index in [4.69, 9.17) is 23.2 Å². The fourth-order valence-corrected chi connectivity index (χ4v) is 3.62. The number of nitrogens with zero attached hydrogens (tertiary/aromatic N) is 1. The largest absolute Gasteiger partial charge is 0.371 e. The van der Waals surface area contributed by atoms with Gasteiger partial charge < -0.3 is 15.5 Å². The second-order valence-corrected chi connectivity index (χ2v) is 7.07. The molecule has 0 spiro atoms. The van der Waals surface area contributed by atoms with E-state index in [1.165, 1.54) is 12.8 Å². The third-order valence-corrected chi connectivity index (χ3v) is 4.91. The van der Waals surface area contributed by atoms with Crippen LogP contribution in [-0.4, -0.2) is 19.1 Å². The number of urea groups is 1. The monoisotopic (exact) mass is 377 g/mol. The highest BCUT2D eigenvalue weighted by molar-refractivity contribution is 6.35. The molecule has 1 aliphatic rings. The van der Waals surface area contributed by atoms with Gasteiger partial charge in [0.25, 0.3) is 0 Å². The van der Waals surface area contributed by atoms with E-state index in [-0.39, 0.29) is 12.1 Å². The fraction of sp³-hybridized carbons (Fsp3) is 0.316. The molecule has 1 saturated heterocycles. The highest BCUT2D eigenvalue weighted by Gasteiger charge is 2.15. The van der Waals surface area contributed by atoms with Crippen LogP contribution < -0.4 is 15.5 Å². The van der Waals surface area contributed by atoms with Crippen LogP contribution in [-0.2, 0) is 0 Å². The Bertz CT molecular complexity index is 760. The minimum Gasteiger partial charge on any atom is -0.371 e. The topological polar surface area (TPSA) is 44.4 Å². The van der Waals surface area contributed by atoms with Gasteiger partial charge in [0.2, 0.25) is 0 Å². The zero-order valence-corrected chi connectivity index (χ0v) is 15.6. The van der Waals surface area contributed by atoms with Gasteiger partial charge in [0.05, 0.1) is 6.04 Å². The molecular formula is C19H21Cl2N3O. The summed E-state index contributed by atoms with van der Waals surface area (Å²) < 4.78 is 0. The maximum absolute atomic E-state index is 12.3. The molecule has 0 bridgehead atoms. The van der Waals surface area contributed by atoms with E-state index in [1.807, 2.05) is 31.2 Å². The average molecular weight is 378 g/mol. The SMILES string of the molecule is CC(NC(=O)Nc1cccc(N2CCCC2)c1)c1ccc(Cl)cc1Cl. The second-order valence-electron chi connectivity index (χ2n) is 6.23. The van der Waals surface area contributed by atoms with Gasteiger partial charge in [-0.15, -0.1) is 0 Å². The molecule has 132 valence electrons. The van der Waals surface area contributed by atoms with E-state index < -0.39 is 0 Å². The third-order valence-electron chi connectivity index (χ3n) is 4.35. The molecule has 2 aromatic carbocycles. The number of rotatable bonds is 4. The van der Waals surface area contributed by atoms with Gasteiger partial charge in [0, 0.05) is 34.5 Å². The fourth-order valence-electron chi connectivity index (χ4n) is 3.05. The summed E-state index contributed by atoms with van der Waals surface area (Å²) in [7, 11) is 0. The van der Waals surface area contributed by atoms with E-state index in [1.54, 1.807) is 12.1 Å². The van der Waals surface area contributed by atoms with Crippen molar-refractivity contribution < 1.29 is 4.79 Å². The first-order chi connectivity index (χ1) is 12.0. The van der Waals surface area contributed by atoms with Gasteiger partial charge in [-0.05, 0) is 55.7 Å². The number of amides is 2. The van der Waals surface area contributed by atoms with Crippen LogP contribution in [0.2, 0.25) is 10.0 Å². The van der Waals surface area contributed by atoms with Crippen LogP contribution in [0.5, 0.6) is 0 Å². The molecule has 1 unspecified atom stereocenters. The smallest absolute Gasteiger partial charge is 0.319 e. The Hall–Kier alpha value is -1.91. The summed E-state index contributed by atoms with van der Waals surface area (Å²) in [6.07, 6.45) is 2.44. The Labute approximate surface area is 158 Å². The molecule has 25 heavy (non-hydrogen) atoms. The van der Waals surface area contributed by atoms with E-state index in [0.717, 1.165) is 30.0 Å². The molecule has 1 aliphatic heterocycles. The zero-order chi connectivity index (χ0) is 17.8. The molecule has 1 atom stereocenters. The molecule has 0 saturated carbocycles. The van der Waals surface area contributed by atoms with Gasteiger partial charge in [0.1, 0.15) is 0 Å². The average Bonchev–Trinajstić information content (AvgIpc) is 3.09. The molecule has 1 heterocycles. The maximum atomic E-state index is 12.3. The van der Waals surface area contributed by atoms with Crippen molar-refractivity contribution in [2.75, 3.05) is 23.3 Å². The molecule has 3 rings (SSSR count). The van der Waals surface area contributed by atoms with Crippen molar-refractivity contribution in [1.82, 2.24) is 5.32 Å². The van der Waals surface area contributed by atoms with Gasteiger partial charge in [-0.25, -0.2) is 4.79 Å². The van der Waals surface area contributed by atoms with Gasteiger partial charge in [-0.3, -0.25) is 0 Å². The van der Waals surface area contributed by atoms with E-state index >= 15 is 0 Å². The lowest BCUT2D eigenvalue weighted by Gasteiger charge is -2.19. The van der Waals surface area contributed by atoms with Crippen molar-refractivity contribution in [2.24, 2.45) is 0 Å². The van der Waals surface area contributed by atoms with Gasteiger partial charge in [0.15, 0.2) is 0 Å². The predicted molar refractivity (Wildman–Crippen MR) is 105 cm³/mol. The summed E-state index contributed by atoms with van der Waals surface area (Å²) in [6.45, 7) is 4.03. The molecule has 0 aromatic heterocycles. The molecule has 0 radical (unpaired) electrons. The Morgan fingerprint density at radius 1 is 1.12 bits per heavy atom. The first kappa shape index (κ1) is 17.9. The lowest BCUT2D eigenvalue weighted by molar-refractivity contribution is 0.249. The summed E-state index contributed by atoms with van der Waals surface area (Å²) in [5, 5.41) is 6.91. The lowest BCUT2D eigenvalue weighted by Crippen LogP contribution is -2.31. The Balaban J connectivity index is 1.63. The minimum absolute atomic E-state index is 0.230. The van der Waals surface area contributed by atoms with Crippen molar-refractivity contribution >= 4 is 40.6 Å². The number of carbonyl (C=O) groups is 1. The van der Waals surface area contributed by atoms with Crippen molar-refractivity contribution in [3.05, 3.63) is 58.1 Å². The van der Waals surface area contributed by atoms with Gasteiger partial charge >= 0.3 is 6.03 Å². The molecule has 2 aromatic rings. The van der Waals surface area contributed by atoms with Crippen LogP contribution in [0.4, 0.5) is 16.2 Å². The molecule has 2 N–H and O–H groups in total. The highest BCUT2D eigenvalue weighted by atomic mass is 35.5. The van der Waals surface area contributed by atoms with Crippen LogP contribution in [0.3, 0.4) is 0 Å². The number of halogens is 2. The van der Waals surface area contributed by atoms with Crippen molar-refractivity contribution in [2.45, 2.75) is 25.8 Å². The summed E-state index contributed by atoms with van der Waals surface area (Å²) in [5.74, 6) is 0. The Kier molecular flexibility index (Phi) is 5.71. The minimum atomic E-state index is -0.267. The molecule has 4 nitrogen and oxygen atoms in total. The van der Waals surface area contributed by atoms with Crippen molar-refractivity contribution in [3.63, 3.8) is 0 Å². The molecular weight excluding hydrogens is 357 g/mol. The first-order valence-corrected chi connectivity index (χ1v) is 9.16. The number of nitrogens with one attached hydrogen (secondary N) is 2. The third kappa shape index (κ3) is 4.59. The van der Waals surface area contributed by atoms with Crippen molar-refractivity contribution in [1.29, 1.82) is 0 Å². The first-order valence-electron chi connectivity index (χ1n) is 8.40. The summed E-state index contributed by atoms with van der Waals surface area (Å²) >= 11 is 12.1. The van der Waals surface area contributed by atoms with Crippen LogP contribution in [0, 0.1) is 0 Å². The zero-order valence-electron chi connectivity index (χ0n) is 14.1. The van der Waals surface area contributed by atoms with E-state index in [9.17, 15) is 4.79 Å². The van der Waals surface area contributed by atoms with Crippen LogP contribution in [0.25, 0.3) is 0 Å². The second kappa shape index (κ2) is 7.98. The van der Waals surface area contributed by atoms with E-state index in [0.29, 0.717) is 10.0 Å². The number of hydrogen-bond acceptors (Lipinski definition) is 2. The van der Waals surface area contributed by atoms with Crippen molar-refractivity contribution in [3.8, 4) is 0 Å². The molecule has 0 aliphatic carbocycles. The molecule has 1 fully saturated rings. The number of hydrogen-bond donors (Lipinski definition) is 2. The van der Waals surface area contributed by atoms with Gasteiger partial charge in [-0.1, -0.05) is 35.3 Å². The maximum Gasteiger partial charge on any atom is 0.319 e. The normalized spacial score (nSPS) is 15.1. The number of carbonyl (C=O) groups excluding carboxylic acids is 1. The summed E-state index contributed by atoms with van der Waals surface area (Å²) in [4.78, 5) is 14.6. The summed E-state index contributed by atoms with van der Waals surface area (Å²) in [6, 6.07) is 12.7. The summed E-state index contributed by atoms with van der Waals surface area (Å²) in [5.41, 5.74) is 2.74. The predicted octanol–water partition coefficient (Wildman–Crippen LogP) is 5.48. The number of benzene rings is 2. The Morgan fingerprint density at radius 2 is 1.88 bits per heavy atom. The quantitative estimate of drug-likeness (QED) is 0.740. The molecule has 6 heteroatoms. The highest BCUT2D eigenvalue weighted by Crippen LogP contribution is 2.26. The van der Waals surface area contributed by atoms with Crippen LogP contribution in [0.1, 0.15) is 31.4 Å². The van der Waals surface area contributed by atoms with Gasteiger partial charge in [-0.2, -0.15) is 0 Å². The standard InChI is InChI=1S/C19H21Cl2N3O/c1-13(17-8-7-14(20)11-18(17)21)22-19(25)23-15-5-4-6-16(12-15)24-9-2-3-10-24/h4-8,11-13H,2-3,9-10H2,1H3,(H2,22,23,25). The molecule has 2 amide bonds. The lowest BCUT2D eigenvalue weighted by atomic mass is 10.1.